The Morgan fingerprint density at radius 1 is 0.679 bits per heavy atom. The minimum atomic E-state index is 0.429. The molecule has 1 N–H and O–H groups in total. The summed E-state index contributed by atoms with van der Waals surface area (Å²) in [5, 5.41) is 17.3. The molecule has 0 aliphatic rings. The molecule has 136 valence electrons. The third-order valence-electron chi connectivity index (χ3n) is 3.97. The molecular formula is C22H18N6. The minimum Gasteiger partial charge on any atom is -0.244 e. The molecule has 0 spiro atoms. The number of hydrogen-bond donors (Lipinski definition) is 1. The Labute approximate surface area is 162 Å². The first-order chi connectivity index (χ1) is 13.9. The fourth-order valence-corrected chi connectivity index (χ4v) is 2.59. The topological polar surface area (TPSA) is 67.5 Å². The van der Waals surface area contributed by atoms with Crippen molar-refractivity contribution in [2.75, 3.05) is 5.43 Å². The average molecular weight is 366 g/mol. The molecule has 4 aromatic rings. The van der Waals surface area contributed by atoms with Gasteiger partial charge >= 0.3 is 0 Å². The van der Waals surface area contributed by atoms with Crippen LogP contribution in [0.4, 0.5) is 5.95 Å². The van der Waals surface area contributed by atoms with Crippen LogP contribution >= 0.6 is 0 Å². The summed E-state index contributed by atoms with van der Waals surface area (Å²) in [5.41, 5.74) is 5.81. The van der Waals surface area contributed by atoms with Crippen LogP contribution in [-0.4, -0.2) is 27.3 Å². The smallest absolute Gasteiger partial charge is 0.244 e. The largest absolute Gasteiger partial charge is 0.266 e. The van der Waals surface area contributed by atoms with Gasteiger partial charge in [-0.25, -0.2) is 5.43 Å². The standard InChI is InChI=1S/C22H18N6/c1-4-10-18(11-5-1)16-23-26-22-27-25-21(20-14-8-3-9-15-20)28(22)24-17-19-12-6-2-7-13-19/h1-17H,(H,26,27)/b23-16+,24-17+. The van der Waals surface area contributed by atoms with E-state index in [0.717, 1.165) is 16.7 Å². The molecule has 0 atom stereocenters. The number of anilines is 1. The van der Waals surface area contributed by atoms with Crippen LogP contribution in [0.1, 0.15) is 11.1 Å². The van der Waals surface area contributed by atoms with Gasteiger partial charge in [-0.1, -0.05) is 91.0 Å². The van der Waals surface area contributed by atoms with Gasteiger partial charge in [0.05, 0.1) is 12.4 Å². The lowest BCUT2D eigenvalue weighted by molar-refractivity contribution is 0.888. The third-order valence-corrected chi connectivity index (χ3v) is 3.97. The summed E-state index contributed by atoms with van der Waals surface area (Å²) < 4.78 is 1.64. The van der Waals surface area contributed by atoms with E-state index in [1.165, 1.54) is 0 Å². The average Bonchev–Trinajstić information content (AvgIpc) is 3.17. The van der Waals surface area contributed by atoms with Crippen molar-refractivity contribution >= 4 is 18.4 Å². The quantitative estimate of drug-likeness (QED) is 0.409. The highest BCUT2D eigenvalue weighted by molar-refractivity contribution is 5.80. The SMILES string of the molecule is C(=N\Nc1nnc(-c2ccccc2)n1/N=C/c1ccccc1)/c1ccccc1. The normalized spacial score (nSPS) is 11.3. The first kappa shape index (κ1) is 17.4. The molecule has 0 aliphatic carbocycles. The van der Waals surface area contributed by atoms with Crippen molar-refractivity contribution in [1.82, 2.24) is 14.9 Å². The van der Waals surface area contributed by atoms with Gasteiger partial charge in [0, 0.05) is 5.56 Å². The molecule has 4 rings (SSSR count). The highest BCUT2D eigenvalue weighted by Crippen LogP contribution is 2.20. The van der Waals surface area contributed by atoms with E-state index < -0.39 is 0 Å². The molecule has 1 aromatic heterocycles. The van der Waals surface area contributed by atoms with Gasteiger partial charge in [0.1, 0.15) is 0 Å². The van der Waals surface area contributed by atoms with Crippen LogP contribution in [0.2, 0.25) is 0 Å². The van der Waals surface area contributed by atoms with Crippen molar-refractivity contribution < 1.29 is 0 Å². The molecule has 0 bridgehead atoms. The van der Waals surface area contributed by atoms with Gasteiger partial charge in [-0.05, 0) is 11.1 Å². The summed E-state index contributed by atoms with van der Waals surface area (Å²) in [4.78, 5) is 0. The van der Waals surface area contributed by atoms with Gasteiger partial charge in [0.2, 0.25) is 0 Å². The van der Waals surface area contributed by atoms with Gasteiger partial charge in [-0.3, -0.25) is 0 Å². The van der Waals surface area contributed by atoms with Crippen LogP contribution < -0.4 is 5.43 Å². The predicted molar refractivity (Wildman–Crippen MR) is 113 cm³/mol. The molecule has 0 radical (unpaired) electrons. The van der Waals surface area contributed by atoms with E-state index in [0.29, 0.717) is 11.8 Å². The Morgan fingerprint density at radius 2 is 1.25 bits per heavy atom. The zero-order valence-corrected chi connectivity index (χ0v) is 15.1. The molecule has 0 saturated heterocycles. The monoisotopic (exact) mass is 366 g/mol. The highest BCUT2D eigenvalue weighted by Gasteiger charge is 2.12. The molecule has 0 saturated carbocycles. The zero-order valence-electron chi connectivity index (χ0n) is 15.1. The van der Waals surface area contributed by atoms with Crippen molar-refractivity contribution in [3.8, 4) is 11.4 Å². The summed E-state index contributed by atoms with van der Waals surface area (Å²) in [6, 6.07) is 29.5. The van der Waals surface area contributed by atoms with Crippen molar-refractivity contribution in [2.45, 2.75) is 0 Å². The minimum absolute atomic E-state index is 0.429. The maximum absolute atomic E-state index is 4.57. The number of aromatic nitrogens is 3. The maximum atomic E-state index is 4.57. The molecule has 0 unspecified atom stereocenters. The molecule has 3 aromatic carbocycles. The zero-order chi connectivity index (χ0) is 19.0. The Hall–Kier alpha value is -4.06. The van der Waals surface area contributed by atoms with Crippen LogP contribution in [0.5, 0.6) is 0 Å². The first-order valence-corrected chi connectivity index (χ1v) is 8.84. The molecule has 28 heavy (non-hydrogen) atoms. The van der Waals surface area contributed by atoms with E-state index in [4.69, 9.17) is 0 Å². The van der Waals surface area contributed by atoms with Crippen molar-refractivity contribution in [2.24, 2.45) is 10.2 Å². The fraction of sp³-hybridized carbons (Fsp3) is 0. The number of nitrogens with zero attached hydrogens (tertiary/aromatic N) is 5. The van der Waals surface area contributed by atoms with Crippen molar-refractivity contribution in [3.05, 3.63) is 102 Å². The molecular weight excluding hydrogens is 348 g/mol. The van der Waals surface area contributed by atoms with Gasteiger partial charge < -0.3 is 0 Å². The van der Waals surface area contributed by atoms with E-state index in [1.807, 2.05) is 91.0 Å². The summed E-state index contributed by atoms with van der Waals surface area (Å²) in [6.07, 6.45) is 3.49. The summed E-state index contributed by atoms with van der Waals surface area (Å²) in [6.45, 7) is 0. The number of hydrogen-bond acceptors (Lipinski definition) is 5. The van der Waals surface area contributed by atoms with E-state index in [2.05, 4.69) is 25.8 Å². The van der Waals surface area contributed by atoms with Crippen LogP contribution in [0.25, 0.3) is 11.4 Å². The summed E-state index contributed by atoms with van der Waals surface area (Å²) in [5.74, 6) is 1.06. The molecule has 0 aliphatic heterocycles. The lowest BCUT2D eigenvalue weighted by Gasteiger charge is -2.04. The first-order valence-electron chi connectivity index (χ1n) is 8.84. The van der Waals surface area contributed by atoms with Crippen molar-refractivity contribution in [3.63, 3.8) is 0 Å². The Kier molecular flexibility index (Phi) is 5.30. The maximum Gasteiger partial charge on any atom is 0.266 e. The lowest BCUT2D eigenvalue weighted by Crippen LogP contribution is -2.01. The van der Waals surface area contributed by atoms with E-state index in [9.17, 15) is 0 Å². The molecule has 6 heteroatoms. The summed E-state index contributed by atoms with van der Waals surface area (Å²) in [7, 11) is 0. The number of nitrogens with one attached hydrogen (secondary N) is 1. The molecule has 0 amide bonds. The second-order valence-corrected chi connectivity index (χ2v) is 5.96. The Morgan fingerprint density at radius 3 is 1.89 bits per heavy atom. The molecule has 1 heterocycles. The van der Waals surface area contributed by atoms with Gasteiger partial charge in [-0.15, -0.1) is 10.2 Å². The van der Waals surface area contributed by atoms with E-state index in [-0.39, 0.29) is 0 Å². The highest BCUT2D eigenvalue weighted by atomic mass is 15.5. The number of hydrazone groups is 1. The number of benzene rings is 3. The van der Waals surface area contributed by atoms with E-state index >= 15 is 0 Å². The Bertz CT molecular complexity index is 1070. The molecule has 0 fully saturated rings. The van der Waals surface area contributed by atoms with Crippen LogP contribution in [-0.2, 0) is 0 Å². The van der Waals surface area contributed by atoms with Gasteiger partial charge in [0.15, 0.2) is 5.82 Å². The van der Waals surface area contributed by atoms with Crippen LogP contribution in [0.15, 0.2) is 101 Å². The van der Waals surface area contributed by atoms with Gasteiger partial charge in [-0.2, -0.15) is 14.9 Å². The van der Waals surface area contributed by atoms with Crippen molar-refractivity contribution in [1.29, 1.82) is 0 Å². The second kappa shape index (κ2) is 8.55. The summed E-state index contributed by atoms with van der Waals surface area (Å²) >= 11 is 0. The number of rotatable bonds is 6. The second-order valence-electron chi connectivity index (χ2n) is 5.96. The lowest BCUT2D eigenvalue weighted by atomic mass is 10.2. The van der Waals surface area contributed by atoms with Gasteiger partial charge in [0.25, 0.3) is 5.95 Å². The van der Waals surface area contributed by atoms with Crippen LogP contribution in [0, 0.1) is 0 Å². The predicted octanol–water partition coefficient (Wildman–Crippen LogP) is 4.27. The third kappa shape index (κ3) is 4.19. The fourth-order valence-electron chi connectivity index (χ4n) is 2.59. The Balaban J connectivity index is 1.65. The van der Waals surface area contributed by atoms with E-state index in [1.54, 1.807) is 17.1 Å². The van der Waals surface area contributed by atoms with Crippen LogP contribution in [0.3, 0.4) is 0 Å². The molecule has 6 nitrogen and oxygen atoms in total.